The number of nitrogens with two attached hydrogens (primary N) is 1. The van der Waals surface area contributed by atoms with Gasteiger partial charge in [-0.25, -0.2) is 4.79 Å². The highest BCUT2D eigenvalue weighted by molar-refractivity contribution is 5.86. The third-order valence-electron chi connectivity index (χ3n) is 4.05. The van der Waals surface area contributed by atoms with Gasteiger partial charge in [-0.3, -0.25) is 4.79 Å². The van der Waals surface area contributed by atoms with Gasteiger partial charge < -0.3 is 30.0 Å². The Labute approximate surface area is 171 Å². The van der Waals surface area contributed by atoms with Crippen LogP contribution in [0.3, 0.4) is 0 Å². The number of carbonyl (C=O) groups excluding carboxylic acids is 2. The van der Waals surface area contributed by atoms with Crippen LogP contribution in [-0.4, -0.2) is 52.9 Å². The highest BCUT2D eigenvalue weighted by Gasteiger charge is 2.22. The summed E-state index contributed by atoms with van der Waals surface area (Å²) in [5, 5.41) is 2.56. The molecule has 1 aromatic rings. The first-order valence-corrected chi connectivity index (χ1v) is 8.80. The molecule has 0 aliphatic carbocycles. The lowest BCUT2D eigenvalue weighted by atomic mass is 9.97. The summed E-state index contributed by atoms with van der Waals surface area (Å²) in [6.07, 6.45) is 4.97. The summed E-state index contributed by atoms with van der Waals surface area (Å²) in [4.78, 5) is 23.7. The van der Waals surface area contributed by atoms with E-state index in [9.17, 15) is 9.59 Å². The van der Waals surface area contributed by atoms with E-state index in [4.69, 9.17) is 24.7 Å². The number of rotatable bonds is 11. The molecule has 0 heterocycles. The van der Waals surface area contributed by atoms with Crippen LogP contribution in [0.5, 0.6) is 5.75 Å². The van der Waals surface area contributed by atoms with Crippen molar-refractivity contribution in [3.8, 4) is 5.75 Å². The van der Waals surface area contributed by atoms with E-state index in [1.165, 1.54) is 27.6 Å². The van der Waals surface area contributed by atoms with Crippen molar-refractivity contribution in [3.63, 3.8) is 0 Å². The summed E-state index contributed by atoms with van der Waals surface area (Å²) in [5.41, 5.74) is 7.47. The summed E-state index contributed by atoms with van der Waals surface area (Å²) < 4.78 is 20.7. The normalized spacial score (nSPS) is 12.6. The standard InChI is InChI=1S/C21H28N2O6/c1-6-15(19(28-4)9-10-26-2)16-11-14(7-8-18(16)27-3)12-17(21(25)29-5)23-20(24)13-22/h6-11,17H,1,12-13,22H2,2-5H3,(H,23,24)/b10-9-,19-15-/t17-/m0/s1. The lowest BCUT2D eigenvalue weighted by Gasteiger charge is -2.18. The Morgan fingerprint density at radius 2 is 1.93 bits per heavy atom. The molecule has 0 spiro atoms. The van der Waals surface area contributed by atoms with Crippen LogP contribution >= 0.6 is 0 Å². The van der Waals surface area contributed by atoms with Crippen LogP contribution in [0.2, 0.25) is 0 Å². The molecule has 158 valence electrons. The highest BCUT2D eigenvalue weighted by atomic mass is 16.5. The van der Waals surface area contributed by atoms with Crippen LogP contribution < -0.4 is 15.8 Å². The van der Waals surface area contributed by atoms with Gasteiger partial charge in [0, 0.05) is 23.6 Å². The molecule has 0 radical (unpaired) electrons. The number of hydrogen-bond acceptors (Lipinski definition) is 7. The molecule has 0 aliphatic rings. The summed E-state index contributed by atoms with van der Waals surface area (Å²) in [5.74, 6) is 0.0827. The third kappa shape index (κ3) is 6.69. The number of amides is 1. The van der Waals surface area contributed by atoms with Gasteiger partial charge in [-0.15, -0.1) is 0 Å². The predicted molar refractivity (Wildman–Crippen MR) is 110 cm³/mol. The van der Waals surface area contributed by atoms with Gasteiger partial charge in [0.2, 0.25) is 5.91 Å². The van der Waals surface area contributed by atoms with Crippen LogP contribution in [0.15, 0.2) is 49.0 Å². The molecule has 0 aromatic heterocycles. The lowest BCUT2D eigenvalue weighted by Crippen LogP contribution is -2.45. The molecular weight excluding hydrogens is 376 g/mol. The number of esters is 1. The van der Waals surface area contributed by atoms with Crippen molar-refractivity contribution in [2.45, 2.75) is 12.5 Å². The maximum atomic E-state index is 12.1. The second-order valence-electron chi connectivity index (χ2n) is 5.81. The fourth-order valence-electron chi connectivity index (χ4n) is 2.66. The first-order chi connectivity index (χ1) is 13.9. The summed E-state index contributed by atoms with van der Waals surface area (Å²) in [7, 11) is 5.87. The van der Waals surface area contributed by atoms with Crippen LogP contribution in [-0.2, 0) is 30.2 Å². The maximum absolute atomic E-state index is 12.1. The Balaban J connectivity index is 3.41. The highest BCUT2D eigenvalue weighted by Crippen LogP contribution is 2.31. The number of ether oxygens (including phenoxy) is 4. The molecule has 8 nitrogen and oxygen atoms in total. The monoisotopic (exact) mass is 404 g/mol. The Bertz CT molecular complexity index is 785. The van der Waals surface area contributed by atoms with Gasteiger partial charge in [-0.1, -0.05) is 18.7 Å². The molecule has 0 bridgehead atoms. The van der Waals surface area contributed by atoms with Crippen LogP contribution in [0.1, 0.15) is 11.1 Å². The Kier molecular flexibility index (Phi) is 10.0. The van der Waals surface area contributed by atoms with Crippen molar-refractivity contribution < 1.29 is 28.5 Å². The molecule has 29 heavy (non-hydrogen) atoms. The Hall–Kier alpha value is -3.26. The molecular formula is C21H28N2O6. The summed E-state index contributed by atoms with van der Waals surface area (Å²) in [6.45, 7) is 3.63. The largest absolute Gasteiger partial charge is 0.504 e. The fourth-order valence-corrected chi connectivity index (χ4v) is 2.66. The third-order valence-corrected chi connectivity index (χ3v) is 4.05. The van der Waals surface area contributed by atoms with Crippen molar-refractivity contribution in [3.05, 3.63) is 60.1 Å². The van der Waals surface area contributed by atoms with Crippen molar-refractivity contribution in [2.24, 2.45) is 5.73 Å². The number of benzene rings is 1. The number of hydrogen-bond donors (Lipinski definition) is 2. The van der Waals surface area contributed by atoms with Crippen LogP contribution in [0.25, 0.3) is 5.57 Å². The molecule has 1 amide bonds. The van der Waals surface area contributed by atoms with Gasteiger partial charge in [-0.2, -0.15) is 0 Å². The molecule has 0 fully saturated rings. The van der Waals surface area contributed by atoms with Crippen molar-refractivity contribution >= 4 is 17.4 Å². The average molecular weight is 404 g/mol. The maximum Gasteiger partial charge on any atom is 0.328 e. The Morgan fingerprint density at radius 1 is 1.21 bits per heavy atom. The summed E-state index contributed by atoms with van der Waals surface area (Å²) >= 11 is 0. The molecule has 1 rings (SSSR count). The van der Waals surface area contributed by atoms with E-state index >= 15 is 0 Å². The van der Waals surface area contributed by atoms with E-state index < -0.39 is 17.9 Å². The topological polar surface area (TPSA) is 109 Å². The van der Waals surface area contributed by atoms with Gasteiger partial charge in [0.05, 0.1) is 41.2 Å². The lowest BCUT2D eigenvalue weighted by molar-refractivity contribution is -0.144. The molecule has 8 heteroatoms. The van der Waals surface area contributed by atoms with E-state index in [2.05, 4.69) is 11.9 Å². The number of methoxy groups -OCH3 is 4. The minimum Gasteiger partial charge on any atom is -0.504 e. The van der Waals surface area contributed by atoms with Gasteiger partial charge in [-0.05, 0) is 17.7 Å². The average Bonchev–Trinajstić information content (AvgIpc) is 2.75. The zero-order valence-corrected chi connectivity index (χ0v) is 17.2. The molecule has 1 atom stereocenters. The number of carbonyl (C=O) groups is 2. The molecule has 0 saturated heterocycles. The minimum atomic E-state index is -0.872. The van der Waals surface area contributed by atoms with Crippen LogP contribution in [0.4, 0.5) is 0 Å². The Morgan fingerprint density at radius 3 is 2.45 bits per heavy atom. The first kappa shape index (κ1) is 23.8. The van der Waals surface area contributed by atoms with Gasteiger partial charge in [0.25, 0.3) is 0 Å². The zero-order valence-electron chi connectivity index (χ0n) is 17.2. The summed E-state index contributed by atoms with van der Waals surface area (Å²) in [6, 6.07) is 4.52. The molecule has 1 aromatic carbocycles. The molecule has 0 unspecified atom stereocenters. The minimum absolute atomic E-state index is 0.204. The second kappa shape index (κ2) is 12.2. The molecule has 0 saturated carbocycles. The second-order valence-corrected chi connectivity index (χ2v) is 5.81. The zero-order chi connectivity index (χ0) is 21.8. The van der Waals surface area contributed by atoms with Gasteiger partial charge >= 0.3 is 5.97 Å². The number of nitrogens with one attached hydrogen (secondary N) is 1. The van der Waals surface area contributed by atoms with E-state index in [1.807, 2.05) is 6.07 Å². The van der Waals surface area contributed by atoms with Crippen LogP contribution in [0, 0.1) is 0 Å². The van der Waals surface area contributed by atoms with Crippen molar-refractivity contribution in [2.75, 3.05) is 35.0 Å². The van der Waals surface area contributed by atoms with E-state index in [-0.39, 0.29) is 13.0 Å². The molecule has 3 N–H and O–H groups in total. The smallest absolute Gasteiger partial charge is 0.328 e. The van der Waals surface area contributed by atoms with Gasteiger partial charge in [0.1, 0.15) is 17.6 Å². The number of allylic oxidation sites excluding steroid dienone is 3. The van der Waals surface area contributed by atoms with E-state index in [0.29, 0.717) is 22.6 Å². The fraction of sp³-hybridized carbons (Fsp3) is 0.333. The SMILES string of the molecule is C=C/C(=C(\C=C/OC)OC)c1cc(C[C@H](NC(=O)CN)C(=O)OC)ccc1OC. The first-order valence-electron chi connectivity index (χ1n) is 8.80. The van der Waals surface area contributed by atoms with E-state index in [1.54, 1.807) is 31.4 Å². The van der Waals surface area contributed by atoms with Crippen molar-refractivity contribution in [1.29, 1.82) is 0 Å². The quantitative estimate of drug-likeness (QED) is 0.327. The molecule has 0 aliphatic heterocycles. The predicted octanol–water partition coefficient (Wildman–Crippen LogP) is 1.56. The van der Waals surface area contributed by atoms with Crippen molar-refractivity contribution in [1.82, 2.24) is 5.32 Å². The van der Waals surface area contributed by atoms with Gasteiger partial charge in [0.15, 0.2) is 0 Å². The van der Waals surface area contributed by atoms with E-state index in [0.717, 1.165) is 5.56 Å².